The van der Waals surface area contributed by atoms with Crippen molar-refractivity contribution in [2.75, 3.05) is 19.0 Å². The number of benzene rings is 2. The molecule has 0 heterocycles. The number of carboxylic acids is 1. The van der Waals surface area contributed by atoms with E-state index in [1.807, 2.05) is 30.3 Å². The number of thiol groups is 1. The van der Waals surface area contributed by atoms with E-state index in [0.717, 1.165) is 5.56 Å². The summed E-state index contributed by atoms with van der Waals surface area (Å²) in [7, 11) is -1.30. The first-order valence-corrected chi connectivity index (χ1v) is 8.76. The Morgan fingerprint density at radius 3 is 2.56 bits per heavy atom. The Morgan fingerprint density at radius 1 is 1.24 bits per heavy atom. The molecule has 0 aliphatic rings. The molecule has 132 valence electrons. The van der Waals surface area contributed by atoms with Gasteiger partial charge < -0.3 is 15.2 Å². The quantitative estimate of drug-likeness (QED) is 0.626. The van der Waals surface area contributed by atoms with E-state index in [4.69, 9.17) is 9.84 Å². The van der Waals surface area contributed by atoms with Gasteiger partial charge in [-0.05, 0) is 23.3 Å². The zero-order valence-electron chi connectivity index (χ0n) is 13.6. The average Bonchev–Trinajstić information content (AvgIpc) is 2.60. The van der Waals surface area contributed by atoms with Gasteiger partial charge in [-0.3, -0.25) is 4.79 Å². The lowest BCUT2D eigenvalue weighted by Crippen LogP contribution is -2.13. The monoisotopic (exact) mass is 361 g/mol. The molecule has 0 saturated carbocycles. The summed E-state index contributed by atoms with van der Waals surface area (Å²) in [6, 6.07) is 14.2. The van der Waals surface area contributed by atoms with Crippen LogP contribution in [0.4, 0.5) is 5.69 Å². The standard InChI is InChI=1S/C18H19NO5S/c1-24-16-9-8-14(11-15(16)19-12-18(20)21)17(25(22)23)10-7-13-5-3-2-4-6-13/h2-11,17,19,25H,12H2,1H3,(H,20,21). The lowest BCUT2D eigenvalue weighted by atomic mass is 10.1. The minimum absolute atomic E-state index is 0.298. The number of anilines is 1. The van der Waals surface area contributed by atoms with Gasteiger partial charge in [-0.2, -0.15) is 0 Å². The Bertz CT molecular complexity index is 823. The van der Waals surface area contributed by atoms with Crippen LogP contribution in [0.5, 0.6) is 5.75 Å². The smallest absolute Gasteiger partial charge is 0.322 e. The Labute approximate surface area is 147 Å². The molecule has 1 atom stereocenters. The molecule has 0 spiro atoms. The minimum atomic E-state index is -2.76. The molecule has 2 aromatic rings. The predicted molar refractivity (Wildman–Crippen MR) is 97.7 cm³/mol. The third kappa shape index (κ3) is 5.36. The van der Waals surface area contributed by atoms with Gasteiger partial charge >= 0.3 is 5.97 Å². The van der Waals surface area contributed by atoms with Crippen LogP contribution in [-0.4, -0.2) is 33.1 Å². The van der Waals surface area contributed by atoms with Gasteiger partial charge in [0, 0.05) is 0 Å². The van der Waals surface area contributed by atoms with Gasteiger partial charge in [0.1, 0.15) is 17.5 Å². The number of nitrogens with one attached hydrogen (secondary N) is 1. The molecule has 0 bridgehead atoms. The van der Waals surface area contributed by atoms with Crippen LogP contribution in [0.1, 0.15) is 16.4 Å². The SMILES string of the molecule is COc1ccc(C(C=Cc2ccccc2)[SH](=O)=O)cc1NCC(=O)O. The van der Waals surface area contributed by atoms with E-state index in [-0.39, 0.29) is 6.54 Å². The maximum atomic E-state index is 11.7. The molecule has 2 rings (SSSR count). The second kappa shape index (κ2) is 8.89. The van der Waals surface area contributed by atoms with Crippen LogP contribution >= 0.6 is 0 Å². The molecule has 2 aromatic carbocycles. The normalized spacial score (nSPS) is 12.2. The molecule has 25 heavy (non-hydrogen) atoms. The molecular formula is C18H19NO5S. The average molecular weight is 361 g/mol. The number of ether oxygens (including phenoxy) is 1. The topological polar surface area (TPSA) is 92.7 Å². The van der Waals surface area contributed by atoms with Gasteiger partial charge in [-0.25, -0.2) is 8.42 Å². The molecule has 0 radical (unpaired) electrons. The van der Waals surface area contributed by atoms with Crippen LogP contribution in [0.15, 0.2) is 54.6 Å². The van der Waals surface area contributed by atoms with Gasteiger partial charge in [0.2, 0.25) is 0 Å². The van der Waals surface area contributed by atoms with Crippen molar-refractivity contribution in [3.05, 3.63) is 65.7 Å². The summed E-state index contributed by atoms with van der Waals surface area (Å²) in [6.45, 7) is -0.298. The first-order chi connectivity index (χ1) is 12.0. The van der Waals surface area contributed by atoms with Crippen molar-refractivity contribution < 1.29 is 23.1 Å². The lowest BCUT2D eigenvalue weighted by molar-refractivity contribution is -0.134. The van der Waals surface area contributed by atoms with Crippen molar-refractivity contribution in [3.63, 3.8) is 0 Å². The maximum Gasteiger partial charge on any atom is 0.322 e. The second-order valence-corrected chi connectivity index (χ2v) is 6.33. The number of carboxylic acid groups (broad SMARTS) is 1. The molecule has 7 heteroatoms. The van der Waals surface area contributed by atoms with Crippen LogP contribution < -0.4 is 10.1 Å². The number of hydrogen-bond donors (Lipinski definition) is 3. The molecule has 0 fully saturated rings. The van der Waals surface area contributed by atoms with E-state index in [1.165, 1.54) is 7.11 Å². The molecule has 0 aromatic heterocycles. The van der Waals surface area contributed by atoms with Crippen LogP contribution in [0, 0.1) is 0 Å². The lowest BCUT2D eigenvalue weighted by Gasteiger charge is -2.13. The van der Waals surface area contributed by atoms with Crippen LogP contribution in [0.25, 0.3) is 6.08 Å². The number of methoxy groups -OCH3 is 1. The Balaban J connectivity index is 2.33. The van der Waals surface area contributed by atoms with Gasteiger partial charge in [-0.15, -0.1) is 0 Å². The van der Waals surface area contributed by atoms with Crippen molar-refractivity contribution >= 4 is 28.4 Å². The third-order valence-corrected chi connectivity index (χ3v) is 4.42. The van der Waals surface area contributed by atoms with E-state index < -0.39 is 21.9 Å². The Kier molecular flexibility index (Phi) is 6.59. The van der Waals surface area contributed by atoms with E-state index >= 15 is 0 Å². The first kappa shape index (κ1) is 18.5. The van der Waals surface area contributed by atoms with Crippen molar-refractivity contribution in [1.82, 2.24) is 0 Å². The highest BCUT2D eigenvalue weighted by atomic mass is 32.2. The maximum absolute atomic E-state index is 11.7. The van der Waals surface area contributed by atoms with Gasteiger partial charge in [0.25, 0.3) is 0 Å². The zero-order valence-corrected chi connectivity index (χ0v) is 14.5. The van der Waals surface area contributed by atoms with Gasteiger partial charge in [-0.1, -0.05) is 48.6 Å². The summed E-state index contributed by atoms with van der Waals surface area (Å²) < 4.78 is 28.6. The number of rotatable bonds is 8. The predicted octanol–water partition coefficient (Wildman–Crippen LogP) is 2.56. The number of hydrogen-bond acceptors (Lipinski definition) is 5. The molecule has 0 amide bonds. The summed E-state index contributed by atoms with van der Waals surface area (Å²) in [5.74, 6) is -0.584. The molecule has 0 saturated heterocycles. The highest BCUT2D eigenvalue weighted by Crippen LogP contribution is 2.30. The molecule has 2 N–H and O–H groups in total. The fourth-order valence-electron chi connectivity index (χ4n) is 2.29. The number of carbonyl (C=O) groups is 1. The largest absolute Gasteiger partial charge is 0.495 e. The van der Waals surface area contributed by atoms with E-state index in [1.54, 1.807) is 30.4 Å². The minimum Gasteiger partial charge on any atom is -0.495 e. The summed E-state index contributed by atoms with van der Waals surface area (Å²) >= 11 is 0. The van der Waals surface area contributed by atoms with Crippen LogP contribution in [0.2, 0.25) is 0 Å². The molecule has 6 nitrogen and oxygen atoms in total. The summed E-state index contributed by atoms with van der Waals surface area (Å²) in [6.07, 6.45) is 3.34. The van der Waals surface area contributed by atoms with E-state index in [0.29, 0.717) is 17.0 Å². The van der Waals surface area contributed by atoms with Crippen molar-refractivity contribution in [2.24, 2.45) is 0 Å². The molecule has 1 unspecified atom stereocenters. The third-order valence-electron chi connectivity index (χ3n) is 3.49. The van der Waals surface area contributed by atoms with Crippen molar-refractivity contribution in [2.45, 2.75) is 5.25 Å². The van der Waals surface area contributed by atoms with E-state index in [9.17, 15) is 13.2 Å². The van der Waals surface area contributed by atoms with Crippen molar-refractivity contribution in [3.8, 4) is 5.75 Å². The Morgan fingerprint density at radius 2 is 1.96 bits per heavy atom. The zero-order chi connectivity index (χ0) is 18.2. The highest BCUT2D eigenvalue weighted by Gasteiger charge is 2.14. The highest BCUT2D eigenvalue weighted by molar-refractivity contribution is 7.72. The summed E-state index contributed by atoms with van der Waals surface area (Å²) in [4.78, 5) is 10.7. The van der Waals surface area contributed by atoms with Crippen molar-refractivity contribution in [1.29, 1.82) is 0 Å². The summed E-state index contributed by atoms with van der Waals surface area (Å²) in [5, 5.41) is 10.7. The molecular weight excluding hydrogens is 342 g/mol. The Hall–Kier alpha value is -2.80. The fourth-order valence-corrected chi connectivity index (χ4v) is 2.92. The fraction of sp³-hybridized carbons (Fsp3) is 0.167. The van der Waals surface area contributed by atoms with E-state index in [2.05, 4.69) is 5.32 Å². The van der Waals surface area contributed by atoms with Gasteiger partial charge in [0.05, 0.1) is 12.8 Å². The van der Waals surface area contributed by atoms with Gasteiger partial charge in [0.15, 0.2) is 10.7 Å². The van der Waals surface area contributed by atoms with Crippen LogP contribution in [-0.2, 0) is 15.5 Å². The number of aliphatic carboxylic acids is 1. The molecule has 0 aliphatic carbocycles. The second-order valence-electron chi connectivity index (χ2n) is 5.21. The first-order valence-electron chi connectivity index (χ1n) is 7.51. The summed E-state index contributed by atoms with van der Waals surface area (Å²) in [5.41, 5.74) is 1.84. The molecule has 0 aliphatic heterocycles. The van der Waals surface area contributed by atoms with Crippen LogP contribution in [0.3, 0.4) is 0 Å².